The molecule has 0 spiro atoms. The zero-order valence-electron chi connectivity index (χ0n) is 12.3. The van der Waals surface area contributed by atoms with Crippen molar-refractivity contribution in [3.8, 4) is 0 Å². The summed E-state index contributed by atoms with van der Waals surface area (Å²) in [6.07, 6.45) is 3.28. The molecule has 2 rings (SSSR count). The first-order chi connectivity index (χ1) is 9.25. The van der Waals surface area contributed by atoms with Crippen LogP contribution in [-0.4, -0.2) is 35.0 Å². The molecule has 20 heavy (non-hydrogen) atoms. The van der Waals surface area contributed by atoms with Crippen molar-refractivity contribution in [2.75, 3.05) is 6.61 Å². The van der Waals surface area contributed by atoms with Gasteiger partial charge in [0.25, 0.3) is 0 Å². The van der Waals surface area contributed by atoms with Crippen LogP contribution in [0.2, 0.25) is 0 Å². The first kappa shape index (κ1) is 15.0. The minimum atomic E-state index is -0.607. The topological polar surface area (TPSA) is 71.6 Å². The molecule has 108 valence electrons. The van der Waals surface area contributed by atoms with Crippen LogP contribution in [-0.2, 0) is 9.31 Å². The van der Waals surface area contributed by atoms with Crippen molar-refractivity contribution < 1.29 is 14.4 Å². The fourth-order valence-electron chi connectivity index (χ4n) is 1.95. The molecule has 2 N–H and O–H groups in total. The number of aliphatic hydroxyl groups excluding tert-OH is 1. The molecule has 0 unspecified atom stereocenters. The van der Waals surface area contributed by atoms with Gasteiger partial charge in [-0.25, -0.2) is 0 Å². The van der Waals surface area contributed by atoms with Gasteiger partial charge in [0.05, 0.1) is 17.8 Å². The van der Waals surface area contributed by atoms with Crippen LogP contribution in [0.4, 0.5) is 0 Å². The standard InChI is InChI=1S/C14H20BNO4/c1-13(2)14(3,4)20-15(19-13)11(9-17)7-10-5-6-16-12(18)8-10/h5-8,17H,9H2,1-4H3,(H,16,18). The summed E-state index contributed by atoms with van der Waals surface area (Å²) in [5.74, 6) is 0. The van der Waals surface area contributed by atoms with Crippen molar-refractivity contribution in [1.29, 1.82) is 0 Å². The van der Waals surface area contributed by atoms with Crippen LogP contribution >= 0.6 is 0 Å². The van der Waals surface area contributed by atoms with Crippen molar-refractivity contribution >= 4 is 13.2 Å². The maximum atomic E-state index is 11.3. The van der Waals surface area contributed by atoms with Gasteiger partial charge in [-0.15, -0.1) is 0 Å². The Balaban J connectivity index is 2.29. The van der Waals surface area contributed by atoms with Crippen molar-refractivity contribution in [2.45, 2.75) is 38.9 Å². The Morgan fingerprint density at radius 1 is 1.35 bits per heavy atom. The molecular formula is C14H20BNO4. The third kappa shape index (κ3) is 2.87. The summed E-state index contributed by atoms with van der Waals surface area (Å²) in [4.78, 5) is 13.8. The van der Waals surface area contributed by atoms with Gasteiger partial charge in [0.1, 0.15) is 0 Å². The summed E-state index contributed by atoms with van der Waals surface area (Å²) in [5.41, 5.74) is 0.187. The quantitative estimate of drug-likeness (QED) is 0.819. The average molecular weight is 277 g/mol. The summed E-state index contributed by atoms with van der Waals surface area (Å²) in [6, 6.07) is 3.21. The minimum absolute atomic E-state index is 0.190. The second kappa shape index (κ2) is 5.20. The Labute approximate surface area is 118 Å². The molecule has 1 aromatic rings. The van der Waals surface area contributed by atoms with Crippen LogP contribution in [0.3, 0.4) is 0 Å². The van der Waals surface area contributed by atoms with Gasteiger partial charge in [-0.05, 0) is 44.8 Å². The fraction of sp³-hybridized carbons (Fsp3) is 0.500. The van der Waals surface area contributed by atoms with Crippen LogP contribution in [0, 0.1) is 0 Å². The number of aromatic amines is 1. The zero-order valence-corrected chi connectivity index (χ0v) is 12.3. The van der Waals surface area contributed by atoms with Gasteiger partial charge < -0.3 is 19.4 Å². The van der Waals surface area contributed by atoms with Gasteiger partial charge in [-0.2, -0.15) is 0 Å². The first-order valence-corrected chi connectivity index (χ1v) is 6.61. The maximum absolute atomic E-state index is 11.3. The zero-order chi connectivity index (χ0) is 15.0. The molecular weight excluding hydrogens is 257 g/mol. The second-order valence-electron chi connectivity index (χ2n) is 5.95. The van der Waals surface area contributed by atoms with Crippen LogP contribution in [0.15, 0.2) is 28.6 Å². The van der Waals surface area contributed by atoms with E-state index in [1.165, 1.54) is 6.07 Å². The molecule has 1 aliphatic heterocycles. The molecule has 1 fully saturated rings. The van der Waals surface area contributed by atoms with E-state index in [-0.39, 0.29) is 12.2 Å². The van der Waals surface area contributed by atoms with E-state index in [4.69, 9.17) is 9.31 Å². The molecule has 0 bridgehead atoms. The van der Waals surface area contributed by atoms with Gasteiger partial charge in [0.15, 0.2) is 0 Å². The van der Waals surface area contributed by atoms with Gasteiger partial charge in [-0.3, -0.25) is 4.79 Å². The number of H-pyrrole nitrogens is 1. The lowest BCUT2D eigenvalue weighted by Gasteiger charge is -2.32. The van der Waals surface area contributed by atoms with Crippen molar-refractivity contribution in [2.24, 2.45) is 0 Å². The third-order valence-corrected chi connectivity index (χ3v) is 3.89. The summed E-state index contributed by atoms with van der Waals surface area (Å²) in [6.45, 7) is 7.62. The lowest BCUT2D eigenvalue weighted by atomic mass is 9.77. The number of aromatic nitrogens is 1. The Morgan fingerprint density at radius 2 is 1.95 bits per heavy atom. The first-order valence-electron chi connectivity index (χ1n) is 6.61. The lowest BCUT2D eigenvalue weighted by molar-refractivity contribution is 0.00578. The number of rotatable bonds is 3. The lowest BCUT2D eigenvalue weighted by Crippen LogP contribution is -2.41. The Morgan fingerprint density at radius 3 is 2.45 bits per heavy atom. The van der Waals surface area contributed by atoms with Crippen LogP contribution < -0.4 is 5.56 Å². The molecule has 0 radical (unpaired) electrons. The molecule has 5 nitrogen and oxygen atoms in total. The van der Waals surface area contributed by atoms with E-state index >= 15 is 0 Å². The fourth-order valence-corrected chi connectivity index (χ4v) is 1.95. The van der Waals surface area contributed by atoms with Crippen molar-refractivity contribution in [3.05, 3.63) is 39.7 Å². The predicted molar refractivity (Wildman–Crippen MR) is 78.2 cm³/mol. The molecule has 0 amide bonds. The largest absolute Gasteiger partial charge is 0.492 e. The molecule has 1 aliphatic rings. The highest BCUT2D eigenvalue weighted by Gasteiger charge is 2.52. The highest BCUT2D eigenvalue weighted by molar-refractivity contribution is 6.55. The molecule has 0 atom stereocenters. The average Bonchev–Trinajstić information content (AvgIpc) is 2.55. The molecule has 0 saturated carbocycles. The van der Waals surface area contributed by atoms with E-state index < -0.39 is 18.3 Å². The summed E-state index contributed by atoms with van der Waals surface area (Å²) in [7, 11) is -0.607. The molecule has 1 aromatic heterocycles. The van der Waals surface area contributed by atoms with E-state index in [0.717, 1.165) is 0 Å². The van der Waals surface area contributed by atoms with Crippen LogP contribution in [0.1, 0.15) is 33.3 Å². The number of pyridine rings is 1. The van der Waals surface area contributed by atoms with Crippen molar-refractivity contribution in [3.63, 3.8) is 0 Å². The van der Waals surface area contributed by atoms with E-state index in [1.807, 2.05) is 27.7 Å². The minimum Gasteiger partial charge on any atom is -0.400 e. The van der Waals surface area contributed by atoms with Gasteiger partial charge in [0.2, 0.25) is 5.56 Å². The number of nitrogens with one attached hydrogen (secondary N) is 1. The van der Waals surface area contributed by atoms with E-state index in [1.54, 1.807) is 18.3 Å². The van der Waals surface area contributed by atoms with Gasteiger partial charge >= 0.3 is 7.12 Å². The van der Waals surface area contributed by atoms with E-state index in [2.05, 4.69) is 4.98 Å². The predicted octanol–water partition coefficient (Wildman–Crippen LogP) is 1.38. The molecule has 1 saturated heterocycles. The Kier molecular flexibility index (Phi) is 3.91. The van der Waals surface area contributed by atoms with Crippen LogP contribution in [0.5, 0.6) is 0 Å². The highest BCUT2D eigenvalue weighted by Crippen LogP contribution is 2.38. The summed E-state index contributed by atoms with van der Waals surface area (Å²) < 4.78 is 11.8. The van der Waals surface area contributed by atoms with E-state index in [0.29, 0.717) is 11.0 Å². The number of aliphatic hydroxyl groups is 1. The molecule has 2 heterocycles. The second-order valence-corrected chi connectivity index (χ2v) is 5.95. The Hall–Kier alpha value is -1.37. The maximum Gasteiger partial charge on any atom is 0.492 e. The normalized spacial score (nSPS) is 21.2. The number of hydrogen-bond acceptors (Lipinski definition) is 4. The SMILES string of the molecule is CC1(C)OB(C(=Cc2cc[nH]c(=O)c2)CO)OC1(C)C. The molecule has 0 aromatic carbocycles. The van der Waals surface area contributed by atoms with Crippen LogP contribution in [0.25, 0.3) is 6.08 Å². The van der Waals surface area contributed by atoms with Crippen molar-refractivity contribution in [1.82, 2.24) is 4.98 Å². The van der Waals surface area contributed by atoms with E-state index in [9.17, 15) is 9.90 Å². The Bertz CT molecular complexity index is 561. The number of hydrogen-bond donors (Lipinski definition) is 2. The summed E-state index contributed by atoms with van der Waals surface area (Å²) >= 11 is 0. The third-order valence-electron chi connectivity index (χ3n) is 3.89. The smallest absolute Gasteiger partial charge is 0.400 e. The highest BCUT2D eigenvalue weighted by atomic mass is 16.7. The molecule has 0 aliphatic carbocycles. The van der Waals surface area contributed by atoms with Gasteiger partial charge in [0, 0.05) is 12.3 Å². The molecule has 6 heteroatoms. The monoisotopic (exact) mass is 277 g/mol. The van der Waals surface area contributed by atoms with Gasteiger partial charge in [-0.1, -0.05) is 6.08 Å². The summed E-state index contributed by atoms with van der Waals surface area (Å²) in [5, 5.41) is 9.54.